The summed E-state index contributed by atoms with van der Waals surface area (Å²) in [4.78, 5) is 27.9. The summed E-state index contributed by atoms with van der Waals surface area (Å²) in [5.74, 6) is 0.590. The number of aryl methyl sites for hydroxylation is 1. The highest BCUT2D eigenvalue weighted by Gasteiger charge is 2.23. The van der Waals surface area contributed by atoms with Crippen molar-refractivity contribution < 1.29 is 9.59 Å². The van der Waals surface area contributed by atoms with Crippen molar-refractivity contribution in [1.29, 1.82) is 0 Å². The average Bonchev–Trinajstić information content (AvgIpc) is 3.01. The van der Waals surface area contributed by atoms with Crippen LogP contribution in [-0.2, 0) is 11.8 Å². The number of carbonyl (C=O) groups is 2. The molecule has 2 heterocycles. The van der Waals surface area contributed by atoms with E-state index >= 15 is 0 Å². The van der Waals surface area contributed by atoms with Crippen molar-refractivity contribution >= 4 is 11.8 Å². The number of rotatable bonds is 5. The largest absolute Gasteiger partial charge is 0.349 e. The minimum absolute atomic E-state index is 0.0228. The SMILES string of the molecule is CCCN1CCC(NC(=O)c2ccc(-c3nnn(C)n3)cc2)CCC1=O. The fourth-order valence-corrected chi connectivity index (χ4v) is 3.13. The highest BCUT2D eigenvalue weighted by atomic mass is 16.2. The number of nitrogens with zero attached hydrogens (tertiary/aromatic N) is 5. The summed E-state index contributed by atoms with van der Waals surface area (Å²) >= 11 is 0. The van der Waals surface area contributed by atoms with Crippen molar-refractivity contribution in [3.63, 3.8) is 0 Å². The van der Waals surface area contributed by atoms with Gasteiger partial charge in [-0.05, 0) is 36.6 Å². The van der Waals surface area contributed by atoms with Gasteiger partial charge in [0.05, 0.1) is 7.05 Å². The summed E-state index contributed by atoms with van der Waals surface area (Å²) in [5.41, 5.74) is 1.39. The van der Waals surface area contributed by atoms with Gasteiger partial charge < -0.3 is 10.2 Å². The first-order valence-corrected chi connectivity index (χ1v) is 9.00. The number of hydrogen-bond donors (Lipinski definition) is 1. The molecule has 8 nitrogen and oxygen atoms in total. The molecule has 1 N–H and O–H groups in total. The molecule has 1 aromatic carbocycles. The number of benzene rings is 1. The van der Waals surface area contributed by atoms with Crippen LogP contribution < -0.4 is 5.32 Å². The van der Waals surface area contributed by atoms with Gasteiger partial charge in [-0.3, -0.25) is 9.59 Å². The predicted octanol–water partition coefficient (Wildman–Crippen LogP) is 1.40. The number of tetrazole rings is 1. The first kappa shape index (κ1) is 18.0. The Bertz CT molecular complexity index is 770. The molecule has 1 atom stereocenters. The predicted molar refractivity (Wildman–Crippen MR) is 96.2 cm³/mol. The average molecular weight is 356 g/mol. The molecule has 3 rings (SSSR count). The van der Waals surface area contributed by atoms with E-state index in [1.807, 2.05) is 17.0 Å². The van der Waals surface area contributed by atoms with E-state index in [1.54, 1.807) is 19.2 Å². The maximum atomic E-state index is 12.5. The molecule has 2 aromatic rings. The van der Waals surface area contributed by atoms with Crippen molar-refractivity contribution in [2.75, 3.05) is 13.1 Å². The van der Waals surface area contributed by atoms with Gasteiger partial charge in [0.2, 0.25) is 11.7 Å². The normalized spacial score (nSPS) is 17.8. The Kier molecular flexibility index (Phi) is 5.60. The minimum Gasteiger partial charge on any atom is -0.349 e. The quantitative estimate of drug-likeness (QED) is 0.874. The second kappa shape index (κ2) is 8.07. The Balaban J connectivity index is 1.60. The fourth-order valence-electron chi connectivity index (χ4n) is 3.13. The molecule has 1 aromatic heterocycles. The van der Waals surface area contributed by atoms with Crippen LogP contribution in [0.4, 0.5) is 0 Å². The molecule has 1 saturated heterocycles. The van der Waals surface area contributed by atoms with Crippen LogP contribution >= 0.6 is 0 Å². The van der Waals surface area contributed by atoms with Gasteiger partial charge in [-0.1, -0.05) is 19.1 Å². The maximum Gasteiger partial charge on any atom is 0.251 e. The van der Waals surface area contributed by atoms with Crippen LogP contribution in [0.15, 0.2) is 24.3 Å². The Labute approximate surface area is 152 Å². The van der Waals surface area contributed by atoms with Crippen molar-refractivity contribution in [3.05, 3.63) is 29.8 Å². The summed E-state index contributed by atoms with van der Waals surface area (Å²) < 4.78 is 0. The maximum absolute atomic E-state index is 12.5. The molecular formula is C18H24N6O2. The molecule has 1 fully saturated rings. The van der Waals surface area contributed by atoms with Gasteiger partial charge in [0.25, 0.3) is 5.91 Å². The van der Waals surface area contributed by atoms with Crippen molar-refractivity contribution in [2.24, 2.45) is 7.05 Å². The van der Waals surface area contributed by atoms with E-state index in [-0.39, 0.29) is 17.9 Å². The first-order chi connectivity index (χ1) is 12.6. The number of aromatic nitrogens is 4. The molecule has 1 aliphatic rings. The van der Waals surface area contributed by atoms with E-state index in [1.165, 1.54) is 4.80 Å². The van der Waals surface area contributed by atoms with E-state index in [2.05, 4.69) is 27.7 Å². The molecule has 1 unspecified atom stereocenters. The van der Waals surface area contributed by atoms with E-state index in [9.17, 15) is 9.59 Å². The fraction of sp³-hybridized carbons (Fsp3) is 0.500. The molecule has 0 aliphatic carbocycles. The third-order valence-corrected chi connectivity index (χ3v) is 4.55. The molecular weight excluding hydrogens is 332 g/mol. The van der Waals surface area contributed by atoms with Gasteiger partial charge in [-0.25, -0.2) is 0 Å². The smallest absolute Gasteiger partial charge is 0.251 e. The van der Waals surface area contributed by atoms with Crippen LogP contribution in [0.1, 0.15) is 43.0 Å². The van der Waals surface area contributed by atoms with Gasteiger partial charge in [0.15, 0.2) is 0 Å². The van der Waals surface area contributed by atoms with Crippen LogP contribution in [0.2, 0.25) is 0 Å². The molecule has 0 spiro atoms. The Morgan fingerprint density at radius 2 is 2.04 bits per heavy atom. The summed E-state index contributed by atoms with van der Waals surface area (Å²) in [6.07, 6.45) is 2.92. The number of hydrogen-bond acceptors (Lipinski definition) is 5. The van der Waals surface area contributed by atoms with Crippen molar-refractivity contribution in [1.82, 2.24) is 30.4 Å². The van der Waals surface area contributed by atoms with Gasteiger partial charge in [0, 0.05) is 36.7 Å². The molecule has 0 saturated carbocycles. The Morgan fingerprint density at radius 1 is 1.27 bits per heavy atom. The molecule has 1 aliphatic heterocycles. The molecule has 2 amide bonds. The summed E-state index contributed by atoms with van der Waals surface area (Å²) in [6.45, 7) is 3.56. The van der Waals surface area contributed by atoms with Crippen molar-refractivity contribution in [2.45, 2.75) is 38.6 Å². The van der Waals surface area contributed by atoms with E-state index in [0.717, 1.165) is 24.9 Å². The number of likely N-dealkylation sites (tertiary alicyclic amines) is 1. The van der Waals surface area contributed by atoms with Gasteiger partial charge >= 0.3 is 0 Å². The summed E-state index contributed by atoms with van der Waals surface area (Å²) in [5, 5.41) is 15.0. The van der Waals surface area contributed by atoms with Gasteiger partial charge in [0.1, 0.15) is 0 Å². The van der Waals surface area contributed by atoms with E-state index in [4.69, 9.17) is 0 Å². The zero-order valence-corrected chi connectivity index (χ0v) is 15.2. The highest BCUT2D eigenvalue weighted by Crippen LogP contribution is 2.16. The number of amides is 2. The van der Waals surface area contributed by atoms with Crippen LogP contribution in [0.3, 0.4) is 0 Å². The molecule has 26 heavy (non-hydrogen) atoms. The topological polar surface area (TPSA) is 93.0 Å². The number of nitrogens with one attached hydrogen (secondary N) is 1. The summed E-state index contributed by atoms with van der Waals surface area (Å²) in [6, 6.07) is 7.16. The number of carbonyl (C=O) groups excluding carboxylic acids is 2. The standard InChI is InChI=1S/C18H24N6O2/c1-3-11-24-12-10-15(8-9-16(24)25)19-18(26)14-6-4-13(5-7-14)17-20-22-23(2)21-17/h4-7,15H,3,8-12H2,1-2H3,(H,19,26). The molecule has 8 heteroatoms. The van der Waals surface area contributed by atoms with Crippen LogP contribution in [-0.4, -0.2) is 56.1 Å². The lowest BCUT2D eigenvalue weighted by Gasteiger charge is -2.20. The Morgan fingerprint density at radius 3 is 2.69 bits per heavy atom. The molecule has 138 valence electrons. The molecule has 0 bridgehead atoms. The minimum atomic E-state index is -0.120. The van der Waals surface area contributed by atoms with Crippen LogP contribution in [0, 0.1) is 0 Å². The lowest BCUT2D eigenvalue weighted by molar-refractivity contribution is -0.130. The third-order valence-electron chi connectivity index (χ3n) is 4.55. The zero-order valence-electron chi connectivity index (χ0n) is 15.2. The third kappa shape index (κ3) is 4.25. The second-order valence-corrected chi connectivity index (χ2v) is 6.56. The lowest BCUT2D eigenvalue weighted by Crippen LogP contribution is -2.36. The van der Waals surface area contributed by atoms with Gasteiger partial charge in [-0.15, -0.1) is 10.2 Å². The van der Waals surface area contributed by atoms with E-state index < -0.39 is 0 Å². The lowest BCUT2D eigenvalue weighted by atomic mass is 10.1. The Hall–Kier alpha value is -2.77. The van der Waals surface area contributed by atoms with Crippen LogP contribution in [0.5, 0.6) is 0 Å². The first-order valence-electron chi connectivity index (χ1n) is 9.00. The van der Waals surface area contributed by atoms with Gasteiger partial charge in [-0.2, -0.15) is 4.80 Å². The van der Waals surface area contributed by atoms with Crippen molar-refractivity contribution in [3.8, 4) is 11.4 Å². The van der Waals surface area contributed by atoms with E-state index in [0.29, 0.717) is 30.8 Å². The monoisotopic (exact) mass is 356 g/mol. The molecule has 0 radical (unpaired) electrons. The highest BCUT2D eigenvalue weighted by molar-refractivity contribution is 5.94. The van der Waals surface area contributed by atoms with Crippen LogP contribution in [0.25, 0.3) is 11.4 Å². The summed E-state index contributed by atoms with van der Waals surface area (Å²) in [7, 11) is 1.71. The zero-order chi connectivity index (χ0) is 18.5. The second-order valence-electron chi connectivity index (χ2n) is 6.56.